The minimum absolute atomic E-state index is 0. The van der Waals surface area contributed by atoms with Gasteiger partial charge in [-0.2, -0.15) is 0 Å². The van der Waals surface area contributed by atoms with E-state index in [4.69, 9.17) is 0 Å². The van der Waals surface area contributed by atoms with E-state index in [0.717, 1.165) is 6.42 Å². The lowest BCUT2D eigenvalue weighted by Crippen LogP contribution is -3.00. The number of ether oxygens (including phenoxy) is 1. The lowest BCUT2D eigenvalue weighted by Gasteiger charge is -2.02. The van der Waals surface area contributed by atoms with Crippen LogP contribution >= 0.6 is 0 Å². The Hall–Kier alpha value is -0.770. The zero-order valence-electron chi connectivity index (χ0n) is 6.13. The highest BCUT2D eigenvalue weighted by Crippen LogP contribution is 1.87. The van der Waals surface area contributed by atoms with Crippen molar-refractivity contribution in [2.24, 2.45) is 0 Å². The smallest absolute Gasteiger partial charge is 0.354 e. The van der Waals surface area contributed by atoms with Crippen molar-refractivity contribution in [3.05, 3.63) is 0 Å². The molecule has 0 aromatic carbocycles. The SMILES string of the molecule is CCCCOC(=O)C(=O)[O-].[Cl-]. The number of unbranched alkanes of at least 4 members (excludes halogenated alkanes) is 1. The van der Waals surface area contributed by atoms with Crippen molar-refractivity contribution < 1.29 is 31.8 Å². The predicted molar refractivity (Wildman–Crippen MR) is 30.9 cm³/mol. The van der Waals surface area contributed by atoms with Gasteiger partial charge in [-0.15, -0.1) is 0 Å². The van der Waals surface area contributed by atoms with Crippen LogP contribution in [0.3, 0.4) is 0 Å². The van der Waals surface area contributed by atoms with E-state index in [0.29, 0.717) is 6.42 Å². The van der Waals surface area contributed by atoms with E-state index in [-0.39, 0.29) is 19.0 Å². The fourth-order valence-corrected chi connectivity index (χ4v) is 0.368. The van der Waals surface area contributed by atoms with E-state index >= 15 is 0 Å². The number of halogens is 1. The predicted octanol–water partition coefficient (Wildman–Crippen LogP) is -3.92. The van der Waals surface area contributed by atoms with Crippen LogP contribution in [0.25, 0.3) is 0 Å². The van der Waals surface area contributed by atoms with Crippen LogP contribution in [0.1, 0.15) is 19.8 Å². The Morgan fingerprint density at radius 3 is 2.36 bits per heavy atom. The third kappa shape index (κ3) is 7.12. The molecule has 0 aliphatic rings. The van der Waals surface area contributed by atoms with Gasteiger partial charge < -0.3 is 27.0 Å². The van der Waals surface area contributed by atoms with Crippen LogP contribution in [0.15, 0.2) is 0 Å². The number of aliphatic carboxylic acids is 1. The highest BCUT2D eigenvalue weighted by Gasteiger charge is 2.00. The molecule has 0 radical (unpaired) electrons. The Kier molecular flexibility index (Phi) is 8.58. The topological polar surface area (TPSA) is 66.4 Å². The first-order valence-electron chi connectivity index (χ1n) is 3.06. The molecule has 0 amide bonds. The minimum Gasteiger partial charge on any atom is -1.00 e. The second-order valence-corrected chi connectivity index (χ2v) is 1.78. The lowest BCUT2D eigenvalue weighted by atomic mass is 10.4. The van der Waals surface area contributed by atoms with Gasteiger partial charge in [-0.05, 0) is 6.42 Å². The van der Waals surface area contributed by atoms with Crippen LogP contribution in [-0.4, -0.2) is 18.5 Å². The Balaban J connectivity index is 0. The molecule has 0 aliphatic heterocycles. The van der Waals surface area contributed by atoms with E-state index in [1.807, 2.05) is 6.92 Å². The maximum atomic E-state index is 10.1. The molecular weight excluding hydrogens is 172 g/mol. The summed E-state index contributed by atoms with van der Waals surface area (Å²) >= 11 is 0. The highest BCUT2D eigenvalue weighted by atomic mass is 35.5. The van der Waals surface area contributed by atoms with Gasteiger partial charge in [-0.1, -0.05) is 13.3 Å². The van der Waals surface area contributed by atoms with Gasteiger partial charge in [-0.3, -0.25) is 0 Å². The maximum absolute atomic E-state index is 10.1. The molecule has 0 fully saturated rings. The Labute approximate surface area is 70.9 Å². The first-order valence-corrected chi connectivity index (χ1v) is 3.06. The number of carboxylic acid groups (broad SMARTS) is 1. The minimum atomic E-state index is -1.78. The number of hydrogen-bond acceptors (Lipinski definition) is 4. The standard InChI is InChI=1S/C6H10O4.ClH/c1-2-3-4-10-6(9)5(7)8;/h2-4H2,1H3,(H,7,8);1H/p-2. The van der Waals surface area contributed by atoms with Gasteiger partial charge in [-0.25, -0.2) is 4.79 Å². The van der Waals surface area contributed by atoms with Crippen molar-refractivity contribution in [2.45, 2.75) is 19.8 Å². The molecule has 0 rings (SSSR count). The Bertz CT molecular complexity index is 135. The van der Waals surface area contributed by atoms with Crippen LogP contribution in [0.4, 0.5) is 0 Å². The first-order chi connectivity index (χ1) is 4.68. The van der Waals surface area contributed by atoms with Gasteiger partial charge in [0, 0.05) is 0 Å². The number of hydrogen-bond donors (Lipinski definition) is 0. The van der Waals surface area contributed by atoms with Crippen molar-refractivity contribution in [1.82, 2.24) is 0 Å². The Morgan fingerprint density at radius 2 is 2.00 bits per heavy atom. The van der Waals surface area contributed by atoms with Gasteiger partial charge in [0.2, 0.25) is 0 Å². The normalized spacial score (nSPS) is 8.09. The molecule has 0 atom stereocenters. The molecule has 0 heterocycles. The summed E-state index contributed by atoms with van der Waals surface area (Å²) in [5.41, 5.74) is 0. The van der Waals surface area contributed by atoms with E-state index in [9.17, 15) is 14.7 Å². The van der Waals surface area contributed by atoms with E-state index in [1.165, 1.54) is 0 Å². The molecule has 0 aromatic heterocycles. The summed E-state index contributed by atoms with van der Waals surface area (Å²) in [7, 11) is 0. The molecule has 0 spiro atoms. The third-order valence-corrected chi connectivity index (χ3v) is 0.898. The van der Waals surface area contributed by atoms with Crippen LogP contribution < -0.4 is 17.5 Å². The van der Waals surface area contributed by atoms with E-state index in [1.54, 1.807) is 0 Å². The molecule has 0 bridgehead atoms. The molecular formula is C6H9ClO4-2. The zero-order chi connectivity index (χ0) is 7.98. The number of carboxylic acids is 1. The van der Waals surface area contributed by atoms with Crippen LogP contribution in [-0.2, 0) is 14.3 Å². The quantitative estimate of drug-likeness (QED) is 0.253. The molecule has 0 saturated heterocycles. The number of rotatable bonds is 3. The first kappa shape index (κ1) is 12.9. The van der Waals surface area contributed by atoms with Gasteiger partial charge in [0.05, 0.1) is 6.61 Å². The van der Waals surface area contributed by atoms with Crippen molar-refractivity contribution in [1.29, 1.82) is 0 Å². The van der Waals surface area contributed by atoms with E-state index in [2.05, 4.69) is 4.74 Å². The summed E-state index contributed by atoms with van der Waals surface area (Å²) in [6.07, 6.45) is 1.54. The molecule has 11 heavy (non-hydrogen) atoms. The fourth-order valence-electron chi connectivity index (χ4n) is 0.368. The van der Waals surface area contributed by atoms with Gasteiger partial charge >= 0.3 is 5.97 Å². The highest BCUT2D eigenvalue weighted by molar-refractivity contribution is 6.27. The second kappa shape index (κ2) is 7.34. The molecule has 0 saturated carbocycles. The lowest BCUT2D eigenvalue weighted by molar-refractivity contribution is -0.303. The summed E-state index contributed by atoms with van der Waals surface area (Å²) < 4.78 is 4.24. The monoisotopic (exact) mass is 180 g/mol. The van der Waals surface area contributed by atoms with Crippen LogP contribution in [0, 0.1) is 0 Å². The maximum Gasteiger partial charge on any atom is 0.354 e. The molecule has 0 unspecified atom stereocenters. The Morgan fingerprint density at radius 1 is 1.45 bits per heavy atom. The molecule has 5 heteroatoms. The summed E-state index contributed by atoms with van der Waals surface area (Å²) in [5, 5.41) is 9.71. The van der Waals surface area contributed by atoms with Gasteiger partial charge in [0.1, 0.15) is 0 Å². The van der Waals surface area contributed by atoms with Gasteiger partial charge in [0.25, 0.3) is 0 Å². The van der Waals surface area contributed by atoms with Crippen molar-refractivity contribution in [3.8, 4) is 0 Å². The average Bonchev–Trinajstić information content (AvgIpc) is 1.88. The van der Waals surface area contributed by atoms with Gasteiger partial charge in [0.15, 0.2) is 5.97 Å². The number of carbonyl (C=O) groups is 2. The molecule has 4 nitrogen and oxygen atoms in total. The fraction of sp³-hybridized carbons (Fsp3) is 0.667. The summed E-state index contributed by atoms with van der Waals surface area (Å²) in [5.74, 6) is -3.07. The average molecular weight is 181 g/mol. The summed E-state index contributed by atoms with van der Waals surface area (Å²) in [6, 6.07) is 0. The largest absolute Gasteiger partial charge is 1.00 e. The molecule has 0 aromatic rings. The second-order valence-electron chi connectivity index (χ2n) is 1.78. The third-order valence-electron chi connectivity index (χ3n) is 0.898. The zero-order valence-corrected chi connectivity index (χ0v) is 6.89. The van der Waals surface area contributed by atoms with Crippen molar-refractivity contribution >= 4 is 11.9 Å². The molecule has 66 valence electrons. The number of carbonyl (C=O) groups excluding carboxylic acids is 2. The van der Waals surface area contributed by atoms with E-state index < -0.39 is 11.9 Å². The van der Waals surface area contributed by atoms with Crippen molar-refractivity contribution in [2.75, 3.05) is 6.61 Å². The molecule has 0 N–H and O–H groups in total. The molecule has 0 aliphatic carbocycles. The van der Waals surface area contributed by atoms with Crippen LogP contribution in [0.2, 0.25) is 0 Å². The van der Waals surface area contributed by atoms with Crippen molar-refractivity contribution in [3.63, 3.8) is 0 Å². The summed E-state index contributed by atoms with van der Waals surface area (Å²) in [4.78, 5) is 19.8. The number of esters is 1. The van der Waals surface area contributed by atoms with Crippen LogP contribution in [0.5, 0.6) is 0 Å². The summed E-state index contributed by atoms with van der Waals surface area (Å²) in [6.45, 7) is 2.07.